The molecule has 0 radical (unpaired) electrons. The Labute approximate surface area is 226 Å². The molecule has 4 rings (SSSR count). The second kappa shape index (κ2) is 11.8. The van der Waals surface area contributed by atoms with E-state index in [0.717, 1.165) is 5.01 Å². The maximum atomic E-state index is 13.3. The predicted molar refractivity (Wildman–Crippen MR) is 135 cm³/mol. The molecule has 2 aromatic heterocycles. The minimum Gasteiger partial charge on any atom is -0.481 e. The number of hydrazine groups is 1. The van der Waals surface area contributed by atoms with E-state index in [4.69, 9.17) is 16.3 Å². The molecule has 3 N–H and O–H groups in total. The number of carboxylic acids is 1. The summed E-state index contributed by atoms with van der Waals surface area (Å²) < 4.78 is 6.55. The number of rotatable bonds is 9. The lowest BCUT2D eigenvalue weighted by Crippen LogP contribution is -2.64. The second-order valence-electron chi connectivity index (χ2n) is 9.12. The number of amides is 3. The molecule has 3 unspecified atom stereocenters. The van der Waals surface area contributed by atoms with Gasteiger partial charge < -0.3 is 20.5 Å². The molecule has 14 nitrogen and oxygen atoms in total. The summed E-state index contributed by atoms with van der Waals surface area (Å²) >= 11 is 6.06. The number of aliphatic carboxylic acids is 1. The molecule has 2 aliphatic heterocycles. The summed E-state index contributed by atoms with van der Waals surface area (Å²) in [6.07, 6.45) is 1.72. The molecule has 39 heavy (non-hydrogen) atoms. The van der Waals surface area contributed by atoms with Gasteiger partial charge >= 0.3 is 5.97 Å². The summed E-state index contributed by atoms with van der Waals surface area (Å²) in [7, 11) is 1.58. The molecule has 2 fully saturated rings. The quantitative estimate of drug-likeness (QED) is 0.356. The zero-order valence-electron chi connectivity index (χ0n) is 21.0. The highest BCUT2D eigenvalue weighted by Gasteiger charge is 2.44. The molecule has 4 heterocycles. The van der Waals surface area contributed by atoms with Gasteiger partial charge in [-0.3, -0.25) is 38.2 Å². The first-order valence-electron chi connectivity index (χ1n) is 12.3. The molecule has 2 aliphatic rings. The van der Waals surface area contributed by atoms with Crippen LogP contribution in [0.1, 0.15) is 32.1 Å². The monoisotopic (exact) mass is 562 g/mol. The van der Waals surface area contributed by atoms with Crippen molar-refractivity contribution in [1.82, 2.24) is 30.0 Å². The van der Waals surface area contributed by atoms with Crippen LogP contribution in [0.15, 0.2) is 29.2 Å². The van der Waals surface area contributed by atoms with Gasteiger partial charge in [0.05, 0.1) is 12.5 Å². The van der Waals surface area contributed by atoms with Crippen molar-refractivity contribution in [2.24, 2.45) is 0 Å². The highest BCUT2D eigenvalue weighted by molar-refractivity contribution is 6.31. The van der Waals surface area contributed by atoms with Crippen LogP contribution in [0, 0.1) is 0 Å². The second-order valence-corrected chi connectivity index (χ2v) is 9.49. The van der Waals surface area contributed by atoms with Crippen LogP contribution in [0.4, 0.5) is 0 Å². The molecule has 208 valence electrons. The van der Waals surface area contributed by atoms with Gasteiger partial charge in [0.2, 0.25) is 17.7 Å². The zero-order valence-corrected chi connectivity index (χ0v) is 21.7. The van der Waals surface area contributed by atoms with Crippen molar-refractivity contribution in [1.29, 1.82) is 0 Å². The molecule has 15 heteroatoms. The number of nitrogens with zero attached hydrogens (tertiary/aromatic N) is 4. The Bertz CT molecular complexity index is 1380. The lowest BCUT2D eigenvalue weighted by atomic mass is 10.0. The lowest BCUT2D eigenvalue weighted by molar-refractivity contribution is -0.176. The van der Waals surface area contributed by atoms with Gasteiger partial charge in [-0.15, -0.1) is 0 Å². The third kappa shape index (κ3) is 5.86. The topological polar surface area (TPSA) is 180 Å². The van der Waals surface area contributed by atoms with Gasteiger partial charge in [-0.2, -0.15) is 4.98 Å². The molecule has 0 saturated carbocycles. The number of halogens is 1. The van der Waals surface area contributed by atoms with Gasteiger partial charge in [0, 0.05) is 19.2 Å². The molecular weight excluding hydrogens is 536 g/mol. The number of carboxylic acid groups (broad SMARTS) is 1. The van der Waals surface area contributed by atoms with Crippen LogP contribution in [0.2, 0.25) is 5.02 Å². The third-order valence-electron chi connectivity index (χ3n) is 6.60. The third-order valence-corrected chi connectivity index (χ3v) is 6.92. The van der Waals surface area contributed by atoms with Gasteiger partial charge in [-0.1, -0.05) is 17.7 Å². The number of nitrogens with one attached hydrogen (secondary N) is 2. The van der Waals surface area contributed by atoms with Gasteiger partial charge in [0.1, 0.15) is 17.7 Å². The number of Topliss-reactive ketones (excluding diaryl/α,β-unsaturated/α-hetero) is 1. The minimum atomic E-state index is -1.52. The lowest BCUT2D eigenvalue weighted by Gasteiger charge is -2.43. The van der Waals surface area contributed by atoms with Gasteiger partial charge in [-0.25, -0.2) is 5.01 Å². The number of carbonyl (C=O) groups is 5. The minimum absolute atomic E-state index is 0.120. The van der Waals surface area contributed by atoms with E-state index >= 15 is 0 Å². The van der Waals surface area contributed by atoms with E-state index in [-0.39, 0.29) is 48.3 Å². The number of ketones is 1. The number of hydrogen-bond donors (Lipinski definition) is 3. The Morgan fingerprint density at radius 1 is 1.23 bits per heavy atom. The number of ether oxygens (including phenoxy) is 1. The highest BCUT2D eigenvalue weighted by Crippen LogP contribution is 2.25. The maximum absolute atomic E-state index is 13.3. The summed E-state index contributed by atoms with van der Waals surface area (Å²) in [6.45, 7) is -0.483. The molecule has 0 aromatic carbocycles. The molecule has 0 aliphatic carbocycles. The van der Waals surface area contributed by atoms with Crippen LogP contribution in [0.25, 0.3) is 5.65 Å². The summed E-state index contributed by atoms with van der Waals surface area (Å²) in [4.78, 5) is 80.1. The van der Waals surface area contributed by atoms with E-state index in [1.807, 2.05) is 0 Å². The van der Waals surface area contributed by atoms with E-state index in [9.17, 15) is 33.9 Å². The number of likely N-dealkylation sites (N-methyl/N-ethyl adjacent to an activating group) is 1. The van der Waals surface area contributed by atoms with Crippen molar-refractivity contribution in [2.75, 3.05) is 20.2 Å². The van der Waals surface area contributed by atoms with Crippen molar-refractivity contribution < 1.29 is 33.8 Å². The normalized spacial score (nSPS) is 20.3. The molecule has 2 aromatic rings. The number of aromatic nitrogens is 2. The molecule has 2 saturated heterocycles. The van der Waals surface area contributed by atoms with Crippen LogP contribution in [-0.2, 0) is 24.0 Å². The number of hydrogen-bond acceptors (Lipinski definition) is 9. The first kappa shape index (κ1) is 28.0. The van der Waals surface area contributed by atoms with Crippen LogP contribution in [0.3, 0.4) is 0 Å². The smallest absolute Gasteiger partial charge is 0.305 e. The molecule has 3 amide bonds. The van der Waals surface area contributed by atoms with Crippen molar-refractivity contribution >= 4 is 46.7 Å². The number of carbonyl (C=O) groups excluding carboxylic acids is 4. The standard InChI is InChI=1S/C24H27ClN6O8/c1-26-13-7-8-18(33)30-10-4-5-15(31(30)23(13)37)21(36)27-14(11-19(34)35)16(32)12-39-22-20(25)24(38)29-9-3-2-6-17(29)28-22/h2-3,6,9,13-15,26H,4-5,7-8,10-12H2,1H3,(H,27,36)(H,34,35). The van der Waals surface area contributed by atoms with Crippen molar-refractivity contribution in [3.63, 3.8) is 0 Å². The molecule has 3 atom stereocenters. The zero-order chi connectivity index (χ0) is 28.3. The first-order chi connectivity index (χ1) is 18.6. The number of pyridine rings is 1. The summed E-state index contributed by atoms with van der Waals surface area (Å²) in [6, 6.07) is 1.45. The van der Waals surface area contributed by atoms with Gasteiger partial charge in [0.15, 0.2) is 17.4 Å². The van der Waals surface area contributed by atoms with Crippen LogP contribution in [-0.4, -0.2) is 92.3 Å². The van der Waals surface area contributed by atoms with E-state index in [1.54, 1.807) is 19.2 Å². The average molecular weight is 563 g/mol. The average Bonchev–Trinajstić information content (AvgIpc) is 3.04. The number of fused-ring (bicyclic) bond motifs is 2. The fraction of sp³-hybridized carbons (Fsp3) is 0.458. The summed E-state index contributed by atoms with van der Waals surface area (Å²) in [5.74, 6) is -4.06. The highest BCUT2D eigenvalue weighted by atomic mass is 35.5. The Hall–Kier alpha value is -4.04. The van der Waals surface area contributed by atoms with Crippen molar-refractivity contribution in [2.45, 2.75) is 50.2 Å². The Morgan fingerprint density at radius 3 is 2.72 bits per heavy atom. The first-order valence-corrected chi connectivity index (χ1v) is 12.6. The maximum Gasteiger partial charge on any atom is 0.305 e. The molecular formula is C24H27ClN6O8. The molecule has 0 bridgehead atoms. The SMILES string of the molecule is CNC1CCC(=O)N2CCCC(C(=O)NC(CC(=O)O)C(=O)COc3nc4ccccn4c(=O)c3Cl)N2C1=O. The Balaban J connectivity index is 1.51. The van der Waals surface area contributed by atoms with E-state index in [2.05, 4.69) is 15.6 Å². The van der Waals surface area contributed by atoms with Gasteiger partial charge in [-0.05, 0) is 38.4 Å². The van der Waals surface area contributed by atoms with E-state index < -0.39 is 60.3 Å². The Kier molecular flexibility index (Phi) is 8.45. The fourth-order valence-corrected chi connectivity index (χ4v) is 4.80. The Morgan fingerprint density at radius 2 is 2.00 bits per heavy atom. The summed E-state index contributed by atoms with van der Waals surface area (Å²) in [5, 5.41) is 16.6. The van der Waals surface area contributed by atoms with Crippen molar-refractivity contribution in [3.05, 3.63) is 39.8 Å². The van der Waals surface area contributed by atoms with Crippen molar-refractivity contribution in [3.8, 4) is 5.88 Å². The fourth-order valence-electron chi connectivity index (χ4n) is 4.61. The van der Waals surface area contributed by atoms with E-state index in [0.29, 0.717) is 6.42 Å². The van der Waals surface area contributed by atoms with Gasteiger partial charge in [0.25, 0.3) is 11.5 Å². The van der Waals surface area contributed by atoms with Crippen LogP contribution in [0.5, 0.6) is 5.88 Å². The van der Waals surface area contributed by atoms with E-state index in [1.165, 1.54) is 21.7 Å². The van der Waals surface area contributed by atoms with Crippen LogP contribution < -0.4 is 20.9 Å². The largest absolute Gasteiger partial charge is 0.481 e. The predicted octanol–water partition coefficient (Wildman–Crippen LogP) is -0.628. The molecule has 0 spiro atoms. The summed E-state index contributed by atoms with van der Waals surface area (Å²) in [5.41, 5.74) is -0.415. The van der Waals surface area contributed by atoms with Crippen LogP contribution >= 0.6 is 11.6 Å².